The lowest BCUT2D eigenvalue weighted by Crippen LogP contribution is -2.41. The van der Waals surface area contributed by atoms with Crippen molar-refractivity contribution in [2.24, 2.45) is 0 Å². The van der Waals surface area contributed by atoms with Gasteiger partial charge in [0.25, 0.3) is 0 Å². The molecule has 1 fully saturated rings. The average Bonchev–Trinajstić information content (AvgIpc) is 2.61. The Hall–Kier alpha value is -0.830. The summed E-state index contributed by atoms with van der Waals surface area (Å²) in [4.78, 5) is 13.2. The van der Waals surface area contributed by atoms with E-state index in [1.807, 2.05) is 0 Å². The van der Waals surface area contributed by atoms with Gasteiger partial charge in [-0.2, -0.15) is 0 Å². The van der Waals surface area contributed by atoms with Crippen LogP contribution in [0.2, 0.25) is 0 Å². The standard InChI is InChI=1S/C12H21NO2/c1-3-4-7-11(14)13(2)10-12(15)8-5-6-9-12/h3,15H,1,4-10H2,2H3. The molecular formula is C12H21NO2. The molecular weight excluding hydrogens is 190 g/mol. The van der Waals surface area contributed by atoms with Crippen molar-refractivity contribution in [3.63, 3.8) is 0 Å². The van der Waals surface area contributed by atoms with Gasteiger partial charge in [0.15, 0.2) is 0 Å². The predicted octanol–water partition coefficient (Wildman–Crippen LogP) is 1.72. The molecule has 0 aromatic rings. The van der Waals surface area contributed by atoms with Crippen molar-refractivity contribution in [3.8, 4) is 0 Å². The summed E-state index contributed by atoms with van der Waals surface area (Å²) in [5.74, 6) is 0.0928. The zero-order valence-corrected chi connectivity index (χ0v) is 9.54. The van der Waals surface area contributed by atoms with E-state index in [0.29, 0.717) is 19.4 Å². The van der Waals surface area contributed by atoms with Crippen LogP contribution in [0.3, 0.4) is 0 Å². The van der Waals surface area contributed by atoms with Crippen molar-refractivity contribution in [1.82, 2.24) is 4.90 Å². The van der Waals surface area contributed by atoms with Crippen LogP contribution in [0.5, 0.6) is 0 Å². The molecule has 0 bridgehead atoms. The van der Waals surface area contributed by atoms with Crippen molar-refractivity contribution >= 4 is 5.91 Å². The largest absolute Gasteiger partial charge is 0.388 e. The van der Waals surface area contributed by atoms with Crippen LogP contribution in [0.15, 0.2) is 12.7 Å². The van der Waals surface area contributed by atoms with Gasteiger partial charge in [0.05, 0.1) is 5.60 Å². The summed E-state index contributed by atoms with van der Waals surface area (Å²) in [6.45, 7) is 4.06. The lowest BCUT2D eigenvalue weighted by Gasteiger charge is -2.28. The van der Waals surface area contributed by atoms with E-state index in [2.05, 4.69) is 6.58 Å². The van der Waals surface area contributed by atoms with Gasteiger partial charge >= 0.3 is 0 Å². The average molecular weight is 211 g/mol. The molecule has 3 nitrogen and oxygen atoms in total. The number of aliphatic hydroxyl groups is 1. The van der Waals surface area contributed by atoms with E-state index in [0.717, 1.165) is 25.7 Å². The minimum Gasteiger partial charge on any atom is -0.388 e. The molecule has 0 aliphatic heterocycles. The molecule has 0 radical (unpaired) electrons. The Morgan fingerprint density at radius 2 is 2.13 bits per heavy atom. The Morgan fingerprint density at radius 3 is 2.67 bits per heavy atom. The summed E-state index contributed by atoms with van der Waals surface area (Å²) >= 11 is 0. The summed E-state index contributed by atoms with van der Waals surface area (Å²) in [7, 11) is 1.77. The number of hydrogen-bond acceptors (Lipinski definition) is 2. The highest BCUT2D eigenvalue weighted by atomic mass is 16.3. The zero-order valence-electron chi connectivity index (χ0n) is 9.54. The monoisotopic (exact) mass is 211 g/mol. The number of amides is 1. The molecule has 0 aromatic carbocycles. The lowest BCUT2D eigenvalue weighted by molar-refractivity contribution is -0.133. The van der Waals surface area contributed by atoms with Crippen molar-refractivity contribution in [1.29, 1.82) is 0 Å². The molecule has 1 N–H and O–H groups in total. The van der Waals surface area contributed by atoms with E-state index < -0.39 is 5.60 Å². The SMILES string of the molecule is C=CCCC(=O)N(C)CC1(O)CCCC1. The number of nitrogens with zero attached hydrogens (tertiary/aromatic N) is 1. The Balaban J connectivity index is 2.36. The number of likely N-dealkylation sites (N-methyl/N-ethyl adjacent to an activating group) is 1. The molecule has 1 saturated carbocycles. The van der Waals surface area contributed by atoms with Crippen LogP contribution < -0.4 is 0 Å². The van der Waals surface area contributed by atoms with Crippen molar-refractivity contribution in [2.75, 3.05) is 13.6 Å². The molecule has 3 heteroatoms. The van der Waals surface area contributed by atoms with Crippen LogP contribution in [0, 0.1) is 0 Å². The first-order valence-corrected chi connectivity index (χ1v) is 5.65. The fourth-order valence-corrected chi connectivity index (χ4v) is 2.14. The van der Waals surface area contributed by atoms with Crippen LogP contribution in [-0.2, 0) is 4.79 Å². The third-order valence-corrected chi connectivity index (χ3v) is 3.05. The highest BCUT2D eigenvalue weighted by Crippen LogP contribution is 2.29. The summed E-state index contributed by atoms with van der Waals surface area (Å²) in [6.07, 6.45) is 6.75. The Morgan fingerprint density at radius 1 is 1.53 bits per heavy atom. The molecule has 86 valence electrons. The smallest absolute Gasteiger partial charge is 0.222 e. The molecule has 0 atom stereocenters. The molecule has 1 rings (SSSR count). The Bertz CT molecular complexity index is 232. The highest BCUT2D eigenvalue weighted by Gasteiger charge is 2.33. The third-order valence-electron chi connectivity index (χ3n) is 3.05. The predicted molar refractivity (Wildman–Crippen MR) is 60.5 cm³/mol. The summed E-state index contributed by atoms with van der Waals surface area (Å²) in [6, 6.07) is 0. The summed E-state index contributed by atoms with van der Waals surface area (Å²) < 4.78 is 0. The van der Waals surface area contributed by atoms with Gasteiger partial charge in [-0.05, 0) is 19.3 Å². The topological polar surface area (TPSA) is 40.5 Å². The molecule has 1 aliphatic carbocycles. The van der Waals surface area contributed by atoms with Crippen LogP contribution in [0.1, 0.15) is 38.5 Å². The van der Waals surface area contributed by atoms with Crippen molar-refractivity contribution in [3.05, 3.63) is 12.7 Å². The maximum absolute atomic E-state index is 11.6. The molecule has 15 heavy (non-hydrogen) atoms. The van der Waals surface area contributed by atoms with Gasteiger partial charge in [-0.1, -0.05) is 18.9 Å². The fourth-order valence-electron chi connectivity index (χ4n) is 2.14. The molecule has 0 aromatic heterocycles. The molecule has 0 spiro atoms. The van der Waals surface area contributed by atoms with Crippen molar-refractivity contribution < 1.29 is 9.90 Å². The second-order valence-electron chi connectivity index (χ2n) is 4.51. The molecule has 1 amide bonds. The van der Waals surface area contributed by atoms with Crippen LogP contribution in [0.25, 0.3) is 0 Å². The molecule has 0 saturated heterocycles. The van der Waals surface area contributed by atoms with E-state index in [1.165, 1.54) is 0 Å². The van der Waals surface area contributed by atoms with Crippen molar-refractivity contribution in [2.45, 2.75) is 44.1 Å². The second-order valence-corrected chi connectivity index (χ2v) is 4.51. The van der Waals surface area contributed by atoms with Gasteiger partial charge < -0.3 is 10.0 Å². The second kappa shape index (κ2) is 5.31. The fraction of sp³-hybridized carbons (Fsp3) is 0.750. The van der Waals surface area contributed by atoms with Gasteiger partial charge in [-0.3, -0.25) is 4.79 Å². The Labute approximate surface area is 91.8 Å². The normalized spacial score (nSPS) is 18.8. The number of hydrogen-bond donors (Lipinski definition) is 1. The third kappa shape index (κ3) is 3.67. The van der Waals surface area contributed by atoms with E-state index in [9.17, 15) is 9.90 Å². The van der Waals surface area contributed by atoms with Gasteiger partial charge in [0, 0.05) is 20.0 Å². The number of carbonyl (C=O) groups excluding carboxylic acids is 1. The zero-order chi connectivity index (χ0) is 11.3. The minimum atomic E-state index is -0.626. The van der Waals surface area contributed by atoms with Gasteiger partial charge in [-0.25, -0.2) is 0 Å². The quantitative estimate of drug-likeness (QED) is 0.703. The van der Waals surface area contributed by atoms with Crippen LogP contribution >= 0.6 is 0 Å². The van der Waals surface area contributed by atoms with Crippen LogP contribution in [-0.4, -0.2) is 35.1 Å². The maximum Gasteiger partial charge on any atom is 0.222 e. The number of allylic oxidation sites excluding steroid dienone is 1. The maximum atomic E-state index is 11.6. The molecule has 0 unspecified atom stereocenters. The van der Waals surface area contributed by atoms with Gasteiger partial charge in [0.1, 0.15) is 0 Å². The van der Waals surface area contributed by atoms with Crippen LogP contribution in [0.4, 0.5) is 0 Å². The van der Waals surface area contributed by atoms with Gasteiger partial charge in [0.2, 0.25) is 5.91 Å². The first kappa shape index (κ1) is 12.2. The minimum absolute atomic E-state index is 0.0928. The van der Waals surface area contributed by atoms with E-state index in [-0.39, 0.29) is 5.91 Å². The Kier molecular flexibility index (Phi) is 4.33. The lowest BCUT2D eigenvalue weighted by atomic mass is 10.0. The van der Waals surface area contributed by atoms with Gasteiger partial charge in [-0.15, -0.1) is 6.58 Å². The highest BCUT2D eigenvalue weighted by molar-refractivity contribution is 5.76. The van der Waals surface area contributed by atoms with E-state index in [4.69, 9.17) is 0 Å². The first-order valence-electron chi connectivity index (χ1n) is 5.65. The van der Waals surface area contributed by atoms with E-state index >= 15 is 0 Å². The molecule has 0 heterocycles. The number of carbonyl (C=O) groups is 1. The van der Waals surface area contributed by atoms with E-state index in [1.54, 1.807) is 18.0 Å². The molecule has 1 aliphatic rings. The first-order chi connectivity index (χ1) is 7.07. The summed E-state index contributed by atoms with van der Waals surface area (Å²) in [5.41, 5.74) is -0.626. The summed E-state index contributed by atoms with van der Waals surface area (Å²) in [5, 5.41) is 10.1. The number of rotatable bonds is 5.